The molecule has 2 aromatic rings. The molecule has 1 amide bonds. The van der Waals surface area contributed by atoms with Crippen molar-refractivity contribution < 1.29 is 24.6 Å². The van der Waals surface area contributed by atoms with Crippen molar-refractivity contribution in [1.82, 2.24) is 9.47 Å². The number of thioether (sulfide) groups is 2. The van der Waals surface area contributed by atoms with Gasteiger partial charge in [-0.25, -0.2) is 0 Å². The molecule has 0 aliphatic carbocycles. The Hall–Kier alpha value is -2.87. The Kier molecular flexibility index (Phi) is 7.73. The molecular formula is C23H21N3O6S4. The average Bonchev–Trinajstić information content (AvgIpc) is 3.43. The smallest absolute Gasteiger partial charge is 0.323 e. The van der Waals surface area contributed by atoms with Gasteiger partial charge in [-0.05, 0) is 37.6 Å². The van der Waals surface area contributed by atoms with Gasteiger partial charge in [0.2, 0.25) is 0 Å². The van der Waals surface area contributed by atoms with Gasteiger partial charge in [-0.2, -0.15) is 0 Å². The number of anilines is 1. The second kappa shape index (κ2) is 10.6. The van der Waals surface area contributed by atoms with Crippen LogP contribution in [0, 0.1) is 0 Å². The molecule has 1 saturated heterocycles. The molecule has 0 radical (unpaired) electrons. The van der Waals surface area contributed by atoms with Crippen LogP contribution in [0.15, 0.2) is 45.1 Å². The summed E-state index contributed by atoms with van der Waals surface area (Å²) in [5, 5.41) is 19.3. The summed E-state index contributed by atoms with van der Waals surface area (Å²) in [6, 6.07) is 7.99. The Morgan fingerprint density at radius 1 is 1.08 bits per heavy atom. The van der Waals surface area contributed by atoms with Crippen molar-refractivity contribution in [2.45, 2.75) is 31.7 Å². The van der Waals surface area contributed by atoms with Crippen LogP contribution >= 0.6 is 47.1 Å². The van der Waals surface area contributed by atoms with Crippen LogP contribution in [-0.4, -0.2) is 54.9 Å². The van der Waals surface area contributed by atoms with E-state index >= 15 is 0 Å². The third-order valence-corrected chi connectivity index (χ3v) is 9.42. The van der Waals surface area contributed by atoms with Gasteiger partial charge in [0.25, 0.3) is 11.5 Å². The van der Waals surface area contributed by atoms with Gasteiger partial charge in [0, 0.05) is 18.0 Å². The highest BCUT2D eigenvalue weighted by Crippen LogP contribution is 2.45. The van der Waals surface area contributed by atoms with Gasteiger partial charge < -0.3 is 15.1 Å². The molecule has 1 fully saturated rings. The third kappa shape index (κ3) is 5.01. The number of benzene rings is 1. The number of carbonyl (C=O) groups is 3. The van der Waals surface area contributed by atoms with E-state index in [0.717, 1.165) is 49.8 Å². The van der Waals surface area contributed by atoms with Crippen molar-refractivity contribution in [1.29, 1.82) is 0 Å². The monoisotopic (exact) mass is 563 g/mol. The molecule has 9 nitrogen and oxygen atoms in total. The number of aromatic nitrogens is 1. The molecule has 36 heavy (non-hydrogen) atoms. The van der Waals surface area contributed by atoms with Crippen LogP contribution < -0.4 is 19.7 Å². The van der Waals surface area contributed by atoms with Crippen LogP contribution in [0.4, 0.5) is 5.69 Å². The maximum atomic E-state index is 13.3. The van der Waals surface area contributed by atoms with E-state index in [9.17, 15) is 24.3 Å². The van der Waals surface area contributed by atoms with Crippen LogP contribution in [0.25, 0.3) is 10.5 Å². The number of amides is 1. The van der Waals surface area contributed by atoms with Crippen LogP contribution in [0.3, 0.4) is 0 Å². The molecule has 2 aliphatic heterocycles. The summed E-state index contributed by atoms with van der Waals surface area (Å²) in [6.07, 6.45) is 1.61. The summed E-state index contributed by atoms with van der Waals surface area (Å²) in [7, 11) is 0. The quantitative estimate of drug-likeness (QED) is 0.485. The number of hydrogen-bond acceptors (Lipinski definition) is 9. The lowest BCUT2D eigenvalue weighted by atomic mass is 10.2. The van der Waals surface area contributed by atoms with Gasteiger partial charge >= 0.3 is 11.9 Å². The van der Waals surface area contributed by atoms with Crippen LogP contribution in [0.1, 0.15) is 20.3 Å². The largest absolute Gasteiger partial charge is 0.481 e. The highest BCUT2D eigenvalue weighted by atomic mass is 32.2. The number of thiazole rings is 1. The molecule has 0 saturated carbocycles. The van der Waals surface area contributed by atoms with Crippen molar-refractivity contribution in [2.24, 2.45) is 0 Å². The Morgan fingerprint density at radius 2 is 1.81 bits per heavy atom. The van der Waals surface area contributed by atoms with Gasteiger partial charge in [-0.15, -0.1) is 11.3 Å². The molecule has 1 aromatic carbocycles. The standard InChI is InChI=1S/C23H21N3O6S4/c1-3-24-13-6-4-5-7-14(13)34-15(24)10-12(2)18-20(31)26(11-17(29)30)22(35-18)19-21(32)25(23(33)36-19)9-8-16(27)28/h4-7,10H,3,8-9,11H2,1-2H3,(H,27,28)(H,29,30). The maximum absolute atomic E-state index is 13.3. The zero-order valence-electron chi connectivity index (χ0n) is 19.2. The Morgan fingerprint density at radius 3 is 2.47 bits per heavy atom. The first-order valence-electron chi connectivity index (χ1n) is 10.8. The van der Waals surface area contributed by atoms with E-state index in [4.69, 9.17) is 17.3 Å². The first-order chi connectivity index (χ1) is 17.1. The SMILES string of the molecule is CCN1C(=CC(C)=c2sc(=C3SC(=S)N(CCC(=O)O)C3=O)n(CC(=O)O)c2=O)Sc2ccccc21. The van der Waals surface area contributed by atoms with E-state index in [1.54, 1.807) is 18.7 Å². The molecule has 0 bridgehead atoms. The lowest BCUT2D eigenvalue weighted by molar-refractivity contribution is -0.138. The van der Waals surface area contributed by atoms with Crippen molar-refractivity contribution in [3.63, 3.8) is 0 Å². The number of allylic oxidation sites excluding steroid dienone is 1. The van der Waals surface area contributed by atoms with Crippen molar-refractivity contribution >= 4 is 85.4 Å². The Labute approximate surface area is 223 Å². The van der Waals surface area contributed by atoms with Gasteiger partial charge in [0.05, 0.1) is 21.7 Å². The number of fused-ring (bicyclic) bond motifs is 1. The van der Waals surface area contributed by atoms with Crippen LogP contribution in [-0.2, 0) is 20.9 Å². The van der Waals surface area contributed by atoms with Gasteiger partial charge in [-0.3, -0.25) is 28.6 Å². The lowest BCUT2D eigenvalue weighted by Gasteiger charge is -2.17. The maximum Gasteiger partial charge on any atom is 0.323 e. The minimum Gasteiger partial charge on any atom is -0.481 e. The molecule has 13 heteroatoms. The second-order valence-electron chi connectivity index (χ2n) is 7.80. The second-order valence-corrected chi connectivity index (χ2v) is 11.5. The van der Waals surface area contributed by atoms with Gasteiger partial charge in [-0.1, -0.05) is 47.9 Å². The highest BCUT2D eigenvalue weighted by Gasteiger charge is 2.34. The molecule has 0 atom stereocenters. The third-order valence-electron chi connectivity index (χ3n) is 5.42. The molecule has 1 aromatic heterocycles. The van der Waals surface area contributed by atoms with Crippen molar-refractivity contribution in [3.05, 3.63) is 54.9 Å². The van der Waals surface area contributed by atoms with Crippen LogP contribution in [0.5, 0.6) is 0 Å². The topological polar surface area (TPSA) is 120 Å². The predicted molar refractivity (Wildman–Crippen MR) is 146 cm³/mol. The first-order valence-corrected chi connectivity index (χ1v) is 13.7. The molecule has 3 heterocycles. The minimum atomic E-state index is -1.22. The van der Waals surface area contributed by atoms with Crippen molar-refractivity contribution in [3.8, 4) is 0 Å². The van der Waals surface area contributed by atoms with Crippen LogP contribution in [0.2, 0.25) is 0 Å². The number of rotatable bonds is 7. The first kappa shape index (κ1) is 26.2. The fraction of sp³-hybridized carbons (Fsp3) is 0.261. The average molecular weight is 564 g/mol. The van der Waals surface area contributed by atoms with E-state index in [0.29, 0.717) is 10.1 Å². The van der Waals surface area contributed by atoms with E-state index in [1.165, 1.54) is 4.90 Å². The Bertz CT molecular complexity index is 1510. The zero-order valence-corrected chi connectivity index (χ0v) is 22.5. The number of hydrogen-bond donors (Lipinski definition) is 2. The zero-order chi connectivity index (χ0) is 26.1. The normalized spacial score (nSPS) is 18.8. The number of thiocarbonyl (C=S) groups is 1. The molecule has 0 spiro atoms. The lowest BCUT2D eigenvalue weighted by Crippen LogP contribution is -2.36. The Balaban J connectivity index is 1.85. The fourth-order valence-electron chi connectivity index (χ4n) is 3.77. The van der Waals surface area contributed by atoms with E-state index in [-0.39, 0.29) is 26.9 Å². The number of para-hydroxylation sites is 1. The number of carboxylic acid groups (broad SMARTS) is 2. The molecular weight excluding hydrogens is 543 g/mol. The number of nitrogens with zero attached hydrogens (tertiary/aromatic N) is 3. The molecule has 2 N–H and O–H groups in total. The van der Waals surface area contributed by atoms with E-state index in [1.807, 2.05) is 37.3 Å². The molecule has 0 unspecified atom stereocenters. The predicted octanol–water partition coefficient (Wildman–Crippen LogP) is 2.08. The molecule has 2 aliphatic rings. The van der Waals surface area contributed by atoms with E-state index < -0.39 is 29.9 Å². The number of aliphatic carboxylic acids is 2. The van der Waals surface area contributed by atoms with Crippen molar-refractivity contribution in [2.75, 3.05) is 18.0 Å². The fourth-order valence-corrected chi connectivity index (χ4v) is 7.58. The summed E-state index contributed by atoms with van der Waals surface area (Å²) < 4.78 is 1.76. The van der Waals surface area contributed by atoms with Gasteiger partial charge in [0.1, 0.15) is 20.4 Å². The summed E-state index contributed by atoms with van der Waals surface area (Å²) in [5.74, 6) is -2.83. The molecule has 188 valence electrons. The summed E-state index contributed by atoms with van der Waals surface area (Å²) in [4.78, 5) is 53.4. The van der Waals surface area contributed by atoms with Gasteiger partial charge in [0.15, 0.2) is 0 Å². The minimum absolute atomic E-state index is 0.104. The number of carboxylic acids is 2. The van der Waals surface area contributed by atoms with E-state index in [2.05, 4.69) is 4.90 Å². The summed E-state index contributed by atoms with van der Waals surface area (Å²) in [6.45, 7) is 3.83. The summed E-state index contributed by atoms with van der Waals surface area (Å²) in [5.41, 5.74) is 1.22. The number of carbonyl (C=O) groups excluding carboxylic acids is 1. The molecule has 4 rings (SSSR count). The highest BCUT2D eigenvalue weighted by molar-refractivity contribution is 8.30. The summed E-state index contributed by atoms with van der Waals surface area (Å²) >= 11 is 8.82.